The number of hydrogen-bond donors (Lipinski definition) is 2. The Hall–Kier alpha value is -1.43. The molecule has 1 aromatic heterocycles. The van der Waals surface area contributed by atoms with E-state index in [0.717, 1.165) is 12.8 Å². The van der Waals surface area contributed by atoms with Crippen LogP contribution in [0.4, 0.5) is 0 Å². The van der Waals surface area contributed by atoms with E-state index in [-0.39, 0.29) is 18.0 Å². The van der Waals surface area contributed by atoms with E-state index in [4.69, 9.17) is 0 Å². The van der Waals surface area contributed by atoms with Crippen molar-refractivity contribution < 1.29 is 4.79 Å². The third-order valence-electron chi connectivity index (χ3n) is 2.99. The average Bonchev–Trinajstić information content (AvgIpc) is 2.88. The molecule has 1 amide bonds. The largest absolute Gasteiger partial charge is 0.352 e. The third-order valence-corrected chi connectivity index (χ3v) is 2.99. The van der Waals surface area contributed by atoms with Crippen LogP contribution < -0.4 is 10.6 Å². The second-order valence-electron chi connectivity index (χ2n) is 4.36. The van der Waals surface area contributed by atoms with E-state index in [2.05, 4.69) is 34.8 Å². The fourth-order valence-corrected chi connectivity index (χ4v) is 1.66. The Labute approximate surface area is 108 Å². The molecule has 1 atom stereocenters. The molecule has 0 aliphatic rings. The van der Waals surface area contributed by atoms with Gasteiger partial charge in [-0.15, -0.1) is 5.10 Å². The maximum absolute atomic E-state index is 11.9. The Kier molecular flexibility index (Phi) is 6.35. The van der Waals surface area contributed by atoms with Crippen molar-refractivity contribution in [2.75, 3.05) is 6.54 Å². The summed E-state index contributed by atoms with van der Waals surface area (Å²) >= 11 is 0. The van der Waals surface area contributed by atoms with Gasteiger partial charge in [-0.1, -0.05) is 19.1 Å². The van der Waals surface area contributed by atoms with Crippen LogP contribution in [-0.4, -0.2) is 39.5 Å². The molecule has 102 valence electrons. The van der Waals surface area contributed by atoms with E-state index in [9.17, 15) is 4.79 Å². The van der Waals surface area contributed by atoms with Gasteiger partial charge in [-0.2, -0.15) is 0 Å². The van der Waals surface area contributed by atoms with Crippen LogP contribution in [0.2, 0.25) is 0 Å². The van der Waals surface area contributed by atoms with Gasteiger partial charge in [0, 0.05) is 18.8 Å². The topological polar surface area (TPSA) is 71.8 Å². The summed E-state index contributed by atoms with van der Waals surface area (Å²) in [6.07, 6.45) is 5.38. The fraction of sp³-hybridized carbons (Fsp3) is 0.750. The van der Waals surface area contributed by atoms with Crippen molar-refractivity contribution >= 4 is 5.91 Å². The lowest BCUT2D eigenvalue weighted by Gasteiger charge is -2.19. The summed E-state index contributed by atoms with van der Waals surface area (Å²) in [4.78, 5) is 11.9. The van der Waals surface area contributed by atoms with Crippen molar-refractivity contribution in [1.29, 1.82) is 0 Å². The Morgan fingerprint density at radius 2 is 2.11 bits per heavy atom. The minimum Gasteiger partial charge on any atom is -0.352 e. The standard InChI is InChI=1S/C12H23N5O/c1-4-11(5-2)15-12(18)10(3)13-6-8-17-9-7-14-16-17/h7,9-11,13H,4-6,8H2,1-3H3,(H,15,18). The van der Waals surface area contributed by atoms with Crippen LogP contribution in [0.5, 0.6) is 0 Å². The molecular formula is C12H23N5O. The second kappa shape index (κ2) is 7.81. The zero-order valence-electron chi connectivity index (χ0n) is 11.4. The van der Waals surface area contributed by atoms with Crippen LogP contribution in [0.1, 0.15) is 33.6 Å². The zero-order valence-corrected chi connectivity index (χ0v) is 11.4. The lowest BCUT2D eigenvalue weighted by Crippen LogP contribution is -2.46. The number of aromatic nitrogens is 3. The van der Waals surface area contributed by atoms with E-state index in [1.165, 1.54) is 0 Å². The van der Waals surface area contributed by atoms with Gasteiger partial charge >= 0.3 is 0 Å². The van der Waals surface area contributed by atoms with Crippen molar-refractivity contribution in [3.05, 3.63) is 12.4 Å². The highest BCUT2D eigenvalue weighted by molar-refractivity contribution is 5.81. The third kappa shape index (κ3) is 4.83. The highest BCUT2D eigenvalue weighted by Gasteiger charge is 2.14. The Balaban J connectivity index is 2.23. The molecule has 18 heavy (non-hydrogen) atoms. The summed E-state index contributed by atoms with van der Waals surface area (Å²) in [5.74, 6) is 0.0577. The molecule has 1 heterocycles. The summed E-state index contributed by atoms with van der Waals surface area (Å²) in [6.45, 7) is 7.44. The van der Waals surface area contributed by atoms with Crippen LogP contribution in [0.15, 0.2) is 12.4 Å². The quantitative estimate of drug-likeness (QED) is 0.710. The molecule has 0 saturated heterocycles. The predicted molar refractivity (Wildman–Crippen MR) is 70.0 cm³/mol. The van der Waals surface area contributed by atoms with E-state index in [1.54, 1.807) is 17.1 Å². The molecule has 2 N–H and O–H groups in total. The number of carbonyl (C=O) groups is 1. The minimum absolute atomic E-state index is 0.0577. The number of hydrogen-bond acceptors (Lipinski definition) is 4. The molecule has 0 spiro atoms. The van der Waals surface area contributed by atoms with Crippen LogP contribution in [0.3, 0.4) is 0 Å². The molecule has 0 radical (unpaired) electrons. The molecule has 1 rings (SSSR count). The van der Waals surface area contributed by atoms with Crippen LogP contribution in [-0.2, 0) is 11.3 Å². The molecule has 0 aromatic carbocycles. The van der Waals surface area contributed by atoms with E-state index in [1.807, 2.05) is 6.92 Å². The van der Waals surface area contributed by atoms with Crippen molar-refractivity contribution in [2.45, 2.75) is 52.2 Å². The van der Waals surface area contributed by atoms with Gasteiger partial charge in [0.2, 0.25) is 5.91 Å². The number of amides is 1. The molecule has 0 aliphatic carbocycles. The Morgan fingerprint density at radius 1 is 1.39 bits per heavy atom. The lowest BCUT2D eigenvalue weighted by molar-refractivity contribution is -0.123. The van der Waals surface area contributed by atoms with Crippen molar-refractivity contribution in [2.24, 2.45) is 0 Å². The molecule has 0 fully saturated rings. The van der Waals surface area contributed by atoms with Crippen LogP contribution in [0, 0.1) is 0 Å². The van der Waals surface area contributed by atoms with Crippen LogP contribution >= 0.6 is 0 Å². The van der Waals surface area contributed by atoms with Crippen molar-refractivity contribution in [3.63, 3.8) is 0 Å². The summed E-state index contributed by atoms with van der Waals surface area (Å²) in [5.41, 5.74) is 0. The van der Waals surface area contributed by atoms with Crippen molar-refractivity contribution in [3.8, 4) is 0 Å². The Morgan fingerprint density at radius 3 is 2.67 bits per heavy atom. The summed E-state index contributed by atoms with van der Waals surface area (Å²) in [5, 5.41) is 13.8. The molecule has 6 heteroatoms. The van der Waals surface area contributed by atoms with Gasteiger partial charge in [-0.05, 0) is 19.8 Å². The van der Waals surface area contributed by atoms with Gasteiger partial charge in [-0.3, -0.25) is 9.48 Å². The predicted octanol–water partition coefficient (Wildman–Crippen LogP) is 0.561. The molecule has 1 unspecified atom stereocenters. The maximum Gasteiger partial charge on any atom is 0.237 e. The fourth-order valence-electron chi connectivity index (χ4n) is 1.66. The van der Waals surface area contributed by atoms with Gasteiger partial charge in [0.1, 0.15) is 0 Å². The molecule has 0 bridgehead atoms. The summed E-state index contributed by atoms with van der Waals surface area (Å²) < 4.78 is 1.73. The van der Waals surface area contributed by atoms with Crippen LogP contribution in [0.25, 0.3) is 0 Å². The van der Waals surface area contributed by atoms with Gasteiger partial charge in [0.05, 0.1) is 18.8 Å². The maximum atomic E-state index is 11.9. The van der Waals surface area contributed by atoms with E-state index in [0.29, 0.717) is 13.1 Å². The smallest absolute Gasteiger partial charge is 0.237 e. The number of nitrogens with zero attached hydrogens (tertiary/aromatic N) is 3. The molecule has 0 aliphatic heterocycles. The number of carbonyl (C=O) groups excluding carboxylic acids is 1. The SMILES string of the molecule is CCC(CC)NC(=O)C(C)NCCn1ccnn1. The first kappa shape index (κ1) is 14.6. The molecule has 0 saturated carbocycles. The van der Waals surface area contributed by atoms with Gasteiger partial charge in [-0.25, -0.2) is 0 Å². The van der Waals surface area contributed by atoms with E-state index < -0.39 is 0 Å². The van der Waals surface area contributed by atoms with Crippen molar-refractivity contribution in [1.82, 2.24) is 25.6 Å². The first-order valence-electron chi connectivity index (χ1n) is 6.55. The molecule has 1 aromatic rings. The molecular weight excluding hydrogens is 230 g/mol. The lowest BCUT2D eigenvalue weighted by atomic mass is 10.1. The zero-order chi connectivity index (χ0) is 13.4. The highest BCUT2D eigenvalue weighted by Crippen LogP contribution is 1.96. The minimum atomic E-state index is -0.186. The average molecular weight is 253 g/mol. The monoisotopic (exact) mass is 253 g/mol. The first-order valence-corrected chi connectivity index (χ1v) is 6.55. The van der Waals surface area contributed by atoms with E-state index >= 15 is 0 Å². The number of nitrogens with one attached hydrogen (secondary N) is 2. The summed E-state index contributed by atoms with van der Waals surface area (Å²) in [6, 6.07) is 0.0891. The van der Waals surface area contributed by atoms with Gasteiger partial charge in [0.25, 0.3) is 0 Å². The first-order chi connectivity index (χ1) is 8.67. The van der Waals surface area contributed by atoms with Gasteiger partial charge in [0.15, 0.2) is 0 Å². The number of rotatable bonds is 8. The summed E-state index contributed by atoms with van der Waals surface area (Å²) in [7, 11) is 0. The Bertz CT molecular complexity index is 334. The van der Waals surface area contributed by atoms with Gasteiger partial charge < -0.3 is 10.6 Å². The highest BCUT2D eigenvalue weighted by atomic mass is 16.2. The molecule has 6 nitrogen and oxygen atoms in total. The normalized spacial score (nSPS) is 12.7. The second-order valence-corrected chi connectivity index (χ2v) is 4.36.